The summed E-state index contributed by atoms with van der Waals surface area (Å²) in [6.07, 6.45) is 2.10. The molecule has 4 nitrogen and oxygen atoms in total. The molecule has 0 spiro atoms. The minimum atomic E-state index is -0.731. The molecule has 1 aromatic carbocycles. The summed E-state index contributed by atoms with van der Waals surface area (Å²) >= 11 is 0. The maximum absolute atomic E-state index is 13.6. The zero-order chi connectivity index (χ0) is 13.8. The second-order valence-electron chi connectivity index (χ2n) is 3.97. The Kier molecular flexibility index (Phi) is 3.75. The lowest BCUT2D eigenvalue weighted by atomic mass is 10.2. The molecule has 0 unspecified atom stereocenters. The summed E-state index contributed by atoms with van der Waals surface area (Å²) in [5.41, 5.74) is 6.19. The van der Waals surface area contributed by atoms with Crippen molar-refractivity contribution in [1.82, 2.24) is 4.98 Å². The Hall–Kier alpha value is -2.43. The van der Waals surface area contributed by atoms with Crippen LogP contribution >= 0.6 is 0 Å². The van der Waals surface area contributed by atoms with Crippen LogP contribution in [0, 0.1) is 5.82 Å². The van der Waals surface area contributed by atoms with Crippen LogP contribution in [0.4, 0.5) is 4.39 Å². The molecule has 2 rings (SSSR count). The Labute approximate surface area is 110 Å². The number of pyridine rings is 1. The van der Waals surface area contributed by atoms with Gasteiger partial charge in [0.2, 0.25) is 5.91 Å². The van der Waals surface area contributed by atoms with Gasteiger partial charge in [0.1, 0.15) is 5.75 Å². The lowest BCUT2D eigenvalue weighted by Crippen LogP contribution is -2.11. The van der Waals surface area contributed by atoms with Crippen LogP contribution in [0.15, 0.2) is 36.5 Å². The van der Waals surface area contributed by atoms with Crippen LogP contribution in [0.3, 0.4) is 0 Å². The van der Waals surface area contributed by atoms with Gasteiger partial charge in [-0.3, -0.25) is 4.79 Å². The summed E-state index contributed by atoms with van der Waals surface area (Å²) in [6.45, 7) is 2.04. The Bertz CT molecular complexity index is 597. The number of halogens is 1. The lowest BCUT2D eigenvalue weighted by molar-refractivity contribution is 0.0999. The highest BCUT2D eigenvalue weighted by atomic mass is 19.1. The third kappa shape index (κ3) is 3.07. The van der Waals surface area contributed by atoms with Gasteiger partial charge < -0.3 is 10.5 Å². The summed E-state index contributed by atoms with van der Waals surface area (Å²) < 4.78 is 19.0. The van der Waals surface area contributed by atoms with Crippen molar-refractivity contribution in [3.8, 4) is 11.6 Å². The summed E-state index contributed by atoms with van der Waals surface area (Å²) in [4.78, 5) is 14.6. The molecule has 2 N–H and O–H groups in total. The van der Waals surface area contributed by atoms with Gasteiger partial charge in [0.05, 0.1) is 5.56 Å². The van der Waals surface area contributed by atoms with Gasteiger partial charge in [-0.25, -0.2) is 9.37 Å². The van der Waals surface area contributed by atoms with E-state index in [4.69, 9.17) is 10.5 Å². The molecule has 0 aliphatic carbocycles. The molecule has 19 heavy (non-hydrogen) atoms. The quantitative estimate of drug-likeness (QED) is 0.919. The number of nitrogens with zero attached hydrogens (tertiary/aromatic N) is 1. The number of carbonyl (C=O) groups excluding carboxylic acids is 1. The van der Waals surface area contributed by atoms with Gasteiger partial charge in [-0.1, -0.05) is 19.1 Å². The summed E-state index contributed by atoms with van der Waals surface area (Å²) in [5.74, 6) is -1.16. The summed E-state index contributed by atoms with van der Waals surface area (Å²) in [5, 5.41) is 0. The molecule has 0 saturated heterocycles. The molecule has 0 fully saturated rings. The third-order valence-corrected chi connectivity index (χ3v) is 2.64. The van der Waals surface area contributed by atoms with Gasteiger partial charge in [-0.2, -0.15) is 0 Å². The molecular weight excluding hydrogens is 247 g/mol. The number of ether oxygens (including phenoxy) is 1. The van der Waals surface area contributed by atoms with Gasteiger partial charge in [0.15, 0.2) is 5.82 Å². The number of aryl methyl sites for hydroxylation is 1. The number of benzene rings is 1. The minimum Gasteiger partial charge on any atom is -0.436 e. The average molecular weight is 260 g/mol. The Morgan fingerprint density at radius 3 is 2.58 bits per heavy atom. The van der Waals surface area contributed by atoms with Gasteiger partial charge in [0.25, 0.3) is 5.88 Å². The molecule has 0 aliphatic rings. The number of nitrogens with two attached hydrogens (primary N) is 1. The van der Waals surface area contributed by atoms with E-state index in [1.54, 1.807) is 12.1 Å². The second-order valence-corrected chi connectivity index (χ2v) is 3.97. The van der Waals surface area contributed by atoms with Crippen LogP contribution in [0.5, 0.6) is 11.6 Å². The van der Waals surface area contributed by atoms with Crippen LogP contribution in [0.25, 0.3) is 0 Å². The fourth-order valence-corrected chi connectivity index (χ4v) is 1.54. The van der Waals surface area contributed by atoms with Crippen LogP contribution in [0.1, 0.15) is 22.8 Å². The lowest BCUT2D eigenvalue weighted by Gasteiger charge is -2.06. The van der Waals surface area contributed by atoms with Gasteiger partial charge >= 0.3 is 0 Å². The van der Waals surface area contributed by atoms with E-state index < -0.39 is 11.7 Å². The number of hydrogen-bond acceptors (Lipinski definition) is 3. The molecule has 98 valence electrons. The second kappa shape index (κ2) is 5.48. The molecule has 0 bridgehead atoms. The van der Waals surface area contributed by atoms with Crippen LogP contribution in [-0.4, -0.2) is 10.9 Å². The maximum Gasteiger partial charge on any atom is 0.255 e. The number of hydrogen-bond donors (Lipinski definition) is 1. The first-order valence-corrected chi connectivity index (χ1v) is 5.82. The van der Waals surface area contributed by atoms with E-state index in [0.29, 0.717) is 5.75 Å². The smallest absolute Gasteiger partial charge is 0.255 e. The number of aromatic nitrogens is 1. The molecule has 1 aromatic heterocycles. The predicted molar refractivity (Wildman–Crippen MR) is 68.6 cm³/mol. The molecule has 0 saturated carbocycles. The number of rotatable bonds is 4. The highest BCUT2D eigenvalue weighted by molar-refractivity contribution is 5.92. The molecule has 5 heteroatoms. The fourth-order valence-electron chi connectivity index (χ4n) is 1.54. The summed E-state index contributed by atoms with van der Waals surface area (Å²) in [7, 11) is 0. The van der Waals surface area contributed by atoms with Crippen molar-refractivity contribution >= 4 is 5.91 Å². The van der Waals surface area contributed by atoms with E-state index >= 15 is 0 Å². The molecule has 2 aromatic rings. The van der Waals surface area contributed by atoms with E-state index in [-0.39, 0.29) is 11.4 Å². The van der Waals surface area contributed by atoms with Gasteiger partial charge in [-0.15, -0.1) is 0 Å². The molecule has 0 atom stereocenters. The summed E-state index contributed by atoms with van der Waals surface area (Å²) in [6, 6.07) is 8.27. The monoisotopic (exact) mass is 260 g/mol. The van der Waals surface area contributed by atoms with Crippen molar-refractivity contribution in [3.63, 3.8) is 0 Å². The zero-order valence-corrected chi connectivity index (χ0v) is 10.4. The van der Waals surface area contributed by atoms with Crippen LogP contribution in [0.2, 0.25) is 0 Å². The van der Waals surface area contributed by atoms with E-state index in [1.807, 2.05) is 19.1 Å². The van der Waals surface area contributed by atoms with Gasteiger partial charge in [-0.05, 0) is 30.2 Å². The molecular formula is C14H13FN2O2. The van der Waals surface area contributed by atoms with Crippen molar-refractivity contribution < 1.29 is 13.9 Å². The Morgan fingerprint density at radius 1 is 1.37 bits per heavy atom. The van der Waals surface area contributed by atoms with E-state index in [1.165, 1.54) is 6.20 Å². The topological polar surface area (TPSA) is 65.2 Å². The van der Waals surface area contributed by atoms with Crippen LogP contribution < -0.4 is 10.5 Å². The standard InChI is InChI=1S/C14H13FN2O2/c1-2-9-3-5-11(6-4-9)19-14-12(15)7-10(8-17-14)13(16)18/h3-8H,2H2,1H3,(H2,16,18). The van der Waals surface area contributed by atoms with Crippen molar-refractivity contribution in [1.29, 1.82) is 0 Å². The first-order chi connectivity index (χ1) is 9.10. The third-order valence-electron chi connectivity index (χ3n) is 2.64. The molecule has 0 radical (unpaired) electrons. The highest BCUT2D eigenvalue weighted by Crippen LogP contribution is 2.23. The maximum atomic E-state index is 13.6. The van der Waals surface area contributed by atoms with Gasteiger partial charge in [0, 0.05) is 6.20 Å². The number of primary amides is 1. The molecule has 0 aliphatic heterocycles. The molecule has 1 heterocycles. The SMILES string of the molecule is CCc1ccc(Oc2ncc(C(N)=O)cc2F)cc1. The average Bonchev–Trinajstić information content (AvgIpc) is 2.41. The fraction of sp³-hybridized carbons (Fsp3) is 0.143. The minimum absolute atomic E-state index is 0.00572. The largest absolute Gasteiger partial charge is 0.436 e. The highest BCUT2D eigenvalue weighted by Gasteiger charge is 2.10. The van der Waals surface area contributed by atoms with E-state index in [2.05, 4.69) is 4.98 Å². The number of carbonyl (C=O) groups is 1. The number of amides is 1. The van der Waals surface area contributed by atoms with Crippen molar-refractivity contribution in [2.45, 2.75) is 13.3 Å². The predicted octanol–water partition coefficient (Wildman–Crippen LogP) is 2.67. The first-order valence-electron chi connectivity index (χ1n) is 5.82. The van der Waals surface area contributed by atoms with E-state index in [9.17, 15) is 9.18 Å². The van der Waals surface area contributed by atoms with Crippen molar-refractivity contribution in [3.05, 3.63) is 53.5 Å². The zero-order valence-electron chi connectivity index (χ0n) is 10.4. The Balaban J connectivity index is 2.20. The first kappa shape index (κ1) is 13.0. The van der Waals surface area contributed by atoms with E-state index in [0.717, 1.165) is 18.1 Å². The Morgan fingerprint density at radius 2 is 2.05 bits per heavy atom. The van der Waals surface area contributed by atoms with Crippen molar-refractivity contribution in [2.75, 3.05) is 0 Å². The van der Waals surface area contributed by atoms with Crippen LogP contribution in [-0.2, 0) is 6.42 Å². The van der Waals surface area contributed by atoms with Crippen molar-refractivity contribution in [2.24, 2.45) is 5.73 Å². The molecule has 1 amide bonds. The normalized spacial score (nSPS) is 10.2.